The zero-order chi connectivity index (χ0) is 14.9. The smallest absolute Gasteiger partial charge is 0.0610 e. The predicted molar refractivity (Wildman–Crippen MR) is 84.5 cm³/mol. The van der Waals surface area contributed by atoms with Crippen LogP contribution >= 0.6 is 0 Å². The van der Waals surface area contributed by atoms with Crippen molar-refractivity contribution in [1.29, 1.82) is 0 Å². The molecule has 2 N–H and O–H groups in total. The number of hydrogen-bond acceptors (Lipinski definition) is 3. The van der Waals surface area contributed by atoms with Gasteiger partial charge in [-0.1, -0.05) is 34.1 Å². The number of rotatable bonds is 11. The first-order chi connectivity index (χ1) is 8.83. The molecule has 0 amide bonds. The Morgan fingerprint density at radius 2 is 1.58 bits per heavy atom. The van der Waals surface area contributed by atoms with Crippen molar-refractivity contribution in [3.8, 4) is 0 Å². The average Bonchev–Trinajstić information content (AvgIpc) is 2.32. The van der Waals surface area contributed by atoms with E-state index in [9.17, 15) is 5.11 Å². The summed E-state index contributed by atoms with van der Waals surface area (Å²) in [6, 6.07) is 0. The molecule has 0 heterocycles. The molecule has 0 rings (SSSR count). The fourth-order valence-electron chi connectivity index (χ4n) is 2.42. The van der Waals surface area contributed by atoms with Crippen molar-refractivity contribution < 1.29 is 5.11 Å². The highest BCUT2D eigenvalue weighted by molar-refractivity contribution is 4.80. The molecule has 0 aromatic carbocycles. The number of unbranched alkanes of at least 4 members (excludes halogenated alkanes) is 1. The molecule has 1 atom stereocenters. The lowest BCUT2D eigenvalue weighted by Gasteiger charge is -2.29. The van der Waals surface area contributed by atoms with E-state index in [1.807, 2.05) is 7.05 Å². The average molecular weight is 272 g/mol. The van der Waals surface area contributed by atoms with Crippen LogP contribution in [0, 0.1) is 11.8 Å². The van der Waals surface area contributed by atoms with Crippen LogP contribution in [0.3, 0.4) is 0 Å². The predicted octanol–water partition coefficient (Wildman–Crippen LogP) is 2.74. The molecule has 0 radical (unpaired) electrons. The Morgan fingerprint density at radius 3 is 1.95 bits per heavy atom. The van der Waals surface area contributed by atoms with Gasteiger partial charge in [0, 0.05) is 18.6 Å². The molecular weight excluding hydrogens is 236 g/mol. The van der Waals surface area contributed by atoms with Crippen molar-refractivity contribution in [3.63, 3.8) is 0 Å². The van der Waals surface area contributed by atoms with E-state index in [4.69, 9.17) is 0 Å². The van der Waals surface area contributed by atoms with Gasteiger partial charge >= 0.3 is 0 Å². The van der Waals surface area contributed by atoms with E-state index in [0.29, 0.717) is 0 Å². The topological polar surface area (TPSA) is 35.5 Å². The first kappa shape index (κ1) is 18.9. The van der Waals surface area contributed by atoms with E-state index in [2.05, 4.69) is 44.8 Å². The zero-order valence-corrected chi connectivity index (χ0v) is 14.0. The second-order valence-corrected chi connectivity index (χ2v) is 6.97. The monoisotopic (exact) mass is 272 g/mol. The third-order valence-electron chi connectivity index (χ3n) is 3.65. The van der Waals surface area contributed by atoms with Crippen molar-refractivity contribution in [1.82, 2.24) is 10.2 Å². The molecule has 3 heteroatoms. The van der Waals surface area contributed by atoms with E-state index < -0.39 is 0 Å². The molecule has 0 fully saturated rings. The summed E-state index contributed by atoms with van der Waals surface area (Å²) in [6.07, 6.45) is 3.43. The molecule has 0 saturated carbocycles. The lowest BCUT2D eigenvalue weighted by Crippen LogP contribution is -2.43. The number of nitrogens with zero attached hydrogens (tertiary/aromatic N) is 1. The Balaban J connectivity index is 3.98. The number of likely N-dealkylation sites (N-methyl/N-ethyl adjacent to an activating group) is 1. The van der Waals surface area contributed by atoms with Crippen molar-refractivity contribution in [2.45, 2.75) is 59.4 Å². The molecule has 0 aromatic heterocycles. The summed E-state index contributed by atoms with van der Waals surface area (Å²) in [6.45, 7) is 15.0. The quantitative estimate of drug-likeness (QED) is 0.568. The van der Waals surface area contributed by atoms with Crippen LogP contribution in [0.4, 0.5) is 0 Å². The van der Waals surface area contributed by atoms with E-state index in [-0.39, 0.29) is 12.1 Å². The molecule has 0 saturated heterocycles. The lowest BCUT2D eigenvalue weighted by atomic mass is 9.96. The summed E-state index contributed by atoms with van der Waals surface area (Å²) in [5, 5.41) is 12.6. The number of hydrogen-bond donors (Lipinski definition) is 2. The van der Waals surface area contributed by atoms with Gasteiger partial charge in [0.15, 0.2) is 0 Å². The van der Waals surface area contributed by atoms with Gasteiger partial charge in [0.1, 0.15) is 0 Å². The van der Waals surface area contributed by atoms with Gasteiger partial charge in [0.2, 0.25) is 0 Å². The molecule has 116 valence electrons. The summed E-state index contributed by atoms with van der Waals surface area (Å²) >= 11 is 0. The van der Waals surface area contributed by atoms with Gasteiger partial charge in [-0.25, -0.2) is 0 Å². The minimum atomic E-state index is -0.110. The maximum absolute atomic E-state index is 9.36. The summed E-state index contributed by atoms with van der Waals surface area (Å²) in [5.74, 6) is 1.47. The van der Waals surface area contributed by atoms with E-state index in [0.717, 1.165) is 18.3 Å². The van der Waals surface area contributed by atoms with Crippen molar-refractivity contribution in [2.75, 3.05) is 33.3 Å². The van der Waals surface area contributed by atoms with Gasteiger partial charge in [-0.05, 0) is 45.2 Å². The van der Waals surface area contributed by atoms with Crippen LogP contribution in [0.1, 0.15) is 53.9 Å². The summed E-state index contributed by atoms with van der Waals surface area (Å²) in [5.41, 5.74) is -0.110. The first-order valence-electron chi connectivity index (χ1n) is 7.85. The number of aliphatic hydroxyl groups excluding tert-OH is 1. The van der Waals surface area contributed by atoms with Crippen LogP contribution in [0.25, 0.3) is 0 Å². The first-order valence-corrected chi connectivity index (χ1v) is 7.85. The van der Waals surface area contributed by atoms with Crippen molar-refractivity contribution in [2.24, 2.45) is 11.8 Å². The number of aliphatic hydroxyl groups is 1. The van der Waals surface area contributed by atoms with Crippen molar-refractivity contribution >= 4 is 0 Å². The van der Waals surface area contributed by atoms with Crippen LogP contribution in [-0.2, 0) is 0 Å². The molecule has 0 aliphatic carbocycles. The second kappa shape index (κ2) is 9.73. The van der Waals surface area contributed by atoms with E-state index in [1.54, 1.807) is 0 Å². The molecule has 0 aliphatic heterocycles. The van der Waals surface area contributed by atoms with Gasteiger partial charge in [0.25, 0.3) is 0 Å². The van der Waals surface area contributed by atoms with Gasteiger partial charge < -0.3 is 15.3 Å². The minimum Gasteiger partial charge on any atom is -0.394 e. The lowest BCUT2D eigenvalue weighted by molar-refractivity contribution is 0.165. The Kier molecular flexibility index (Phi) is 9.67. The van der Waals surface area contributed by atoms with Crippen LogP contribution < -0.4 is 5.32 Å². The summed E-state index contributed by atoms with van der Waals surface area (Å²) in [7, 11) is 1.93. The zero-order valence-electron chi connectivity index (χ0n) is 14.0. The van der Waals surface area contributed by atoms with Crippen molar-refractivity contribution in [3.05, 3.63) is 0 Å². The van der Waals surface area contributed by atoms with E-state index in [1.165, 1.54) is 32.5 Å². The molecule has 0 aromatic rings. The third kappa shape index (κ3) is 9.42. The largest absolute Gasteiger partial charge is 0.394 e. The molecule has 0 bridgehead atoms. The molecule has 3 nitrogen and oxygen atoms in total. The van der Waals surface area contributed by atoms with Crippen LogP contribution in [-0.4, -0.2) is 48.8 Å². The molecule has 1 unspecified atom stereocenters. The molecular formula is C16H36N2O. The Morgan fingerprint density at radius 1 is 1.05 bits per heavy atom. The van der Waals surface area contributed by atoms with Crippen LogP contribution in [0.2, 0.25) is 0 Å². The number of nitrogens with one attached hydrogen (secondary N) is 1. The van der Waals surface area contributed by atoms with Crippen LogP contribution in [0.5, 0.6) is 0 Å². The SMILES string of the molecule is CNC(C)(CO)CCCCN(CC(C)C)CC(C)C. The van der Waals surface area contributed by atoms with Crippen LogP contribution in [0.15, 0.2) is 0 Å². The Labute approximate surface area is 120 Å². The Hall–Kier alpha value is -0.120. The fourth-order valence-corrected chi connectivity index (χ4v) is 2.42. The fraction of sp³-hybridized carbons (Fsp3) is 1.00. The van der Waals surface area contributed by atoms with Gasteiger partial charge in [0.05, 0.1) is 6.61 Å². The normalized spacial score (nSPS) is 15.5. The minimum absolute atomic E-state index is 0.110. The second-order valence-electron chi connectivity index (χ2n) is 6.97. The van der Waals surface area contributed by atoms with Gasteiger partial charge in [-0.3, -0.25) is 0 Å². The maximum atomic E-state index is 9.36. The molecule has 0 spiro atoms. The maximum Gasteiger partial charge on any atom is 0.0610 e. The summed E-state index contributed by atoms with van der Waals surface area (Å²) < 4.78 is 0. The molecule has 0 aliphatic rings. The third-order valence-corrected chi connectivity index (χ3v) is 3.65. The Bertz CT molecular complexity index is 203. The standard InChI is InChI=1S/C16H36N2O/c1-14(2)11-18(12-15(3)4)10-8-7-9-16(5,13-19)17-6/h14-15,17,19H,7-13H2,1-6H3. The van der Waals surface area contributed by atoms with Gasteiger partial charge in [-0.15, -0.1) is 0 Å². The highest BCUT2D eigenvalue weighted by Crippen LogP contribution is 2.13. The van der Waals surface area contributed by atoms with Gasteiger partial charge in [-0.2, -0.15) is 0 Å². The summed E-state index contributed by atoms with van der Waals surface area (Å²) in [4.78, 5) is 2.59. The highest BCUT2D eigenvalue weighted by atomic mass is 16.3. The highest BCUT2D eigenvalue weighted by Gasteiger charge is 2.19. The molecule has 19 heavy (non-hydrogen) atoms. The van der Waals surface area contributed by atoms with E-state index >= 15 is 0 Å².